The third-order valence-corrected chi connectivity index (χ3v) is 3.70. The molecular formula is C19H21FN2O2. The molecule has 1 atom stereocenters. The van der Waals surface area contributed by atoms with Gasteiger partial charge in [0.1, 0.15) is 5.82 Å². The first-order valence-corrected chi connectivity index (χ1v) is 7.91. The molecule has 0 saturated heterocycles. The van der Waals surface area contributed by atoms with Crippen molar-refractivity contribution in [2.75, 3.05) is 13.1 Å². The summed E-state index contributed by atoms with van der Waals surface area (Å²) in [7, 11) is 0. The lowest BCUT2D eigenvalue weighted by Gasteiger charge is -2.12. The van der Waals surface area contributed by atoms with Crippen molar-refractivity contribution in [1.82, 2.24) is 10.6 Å². The highest BCUT2D eigenvalue weighted by Gasteiger charge is 2.11. The summed E-state index contributed by atoms with van der Waals surface area (Å²) in [6, 6.07) is 15.1. The molecule has 5 heteroatoms. The number of nitrogens with one attached hydrogen (secondary N) is 2. The summed E-state index contributed by atoms with van der Waals surface area (Å²) >= 11 is 0. The van der Waals surface area contributed by atoms with Crippen LogP contribution in [0.4, 0.5) is 4.39 Å². The van der Waals surface area contributed by atoms with Crippen LogP contribution >= 0.6 is 0 Å². The maximum Gasteiger partial charge on any atom is 0.251 e. The largest absolute Gasteiger partial charge is 0.354 e. The van der Waals surface area contributed by atoms with Crippen LogP contribution in [0.1, 0.15) is 35.2 Å². The minimum absolute atomic E-state index is 0.00418. The summed E-state index contributed by atoms with van der Waals surface area (Å²) in [4.78, 5) is 23.7. The topological polar surface area (TPSA) is 58.2 Å². The van der Waals surface area contributed by atoms with Gasteiger partial charge in [0.2, 0.25) is 5.91 Å². The van der Waals surface area contributed by atoms with Gasteiger partial charge < -0.3 is 10.6 Å². The maximum atomic E-state index is 12.9. The second kappa shape index (κ2) is 8.82. The Morgan fingerprint density at radius 1 is 0.958 bits per heavy atom. The van der Waals surface area contributed by atoms with Crippen molar-refractivity contribution >= 4 is 11.8 Å². The van der Waals surface area contributed by atoms with Gasteiger partial charge in [0.25, 0.3) is 5.91 Å². The van der Waals surface area contributed by atoms with E-state index in [-0.39, 0.29) is 23.5 Å². The van der Waals surface area contributed by atoms with Gasteiger partial charge in [-0.15, -0.1) is 0 Å². The Hall–Kier alpha value is -2.69. The van der Waals surface area contributed by atoms with Crippen LogP contribution in [-0.2, 0) is 4.79 Å². The van der Waals surface area contributed by atoms with Gasteiger partial charge in [-0.1, -0.05) is 37.3 Å². The van der Waals surface area contributed by atoms with Gasteiger partial charge in [-0.05, 0) is 35.7 Å². The van der Waals surface area contributed by atoms with Gasteiger partial charge in [0.15, 0.2) is 0 Å². The van der Waals surface area contributed by atoms with Crippen molar-refractivity contribution in [1.29, 1.82) is 0 Å². The Labute approximate surface area is 141 Å². The van der Waals surface area contributed by atoms with Crippen molar-refractivity contribution < 1.29 is 14.0 Å². The predicted molar refractivity (Wildman–Crippen MR) is 91.2 cm³/mol. The van der Waals surface area contributed by atoms with E-state index in [4.69, 9.17) is 0 Å². The van der Waals surface area contributed by atoms with Crippen LogP contribution in [0.3, 0.4) is 0 Å². The van der Waals surface area contributed by atoms with Crippen molar-refractivity contribution in [2.45, 2.75) is 19.3 Å². The van der Waals surface area contributed by atoms with E-state index in [0.717, 1.165) is 5.56 Å². The minimum Gasteiger partial charge on any atom is -0.354 e. The molecule has 1 unspecified atom stereocenters. The van der Waals surface area contributed by atoms with Crippen molar-refractivity contribution in [3.8, 4) is 0 Å². The molecule has 0 bridgehead atoms. The number of amides is 2. The zero-order chi connectivity index (χ0) is 17.4. The van der Waals surface area contributed by atoms with Gasteiger partial charge in [0.05, 0.1) is 0 Å². The van der Waals surface area contributed by atoms with Gasteiger partial charge in [-0.2, -0.15) is 0 Å². The molecule has 2 aromatic carbocycles. The highest BCUT2D eigenvalue weighted by Crippen LogP contribution is 2.18. The van der Waals surface area contributed by atoms with Crippen LogP contribution in [0.5, 0.6) is 0 Å². The average Bonchev–Trinajstić information content (AvgIpc) is 2.59. The molecule has 24 heavy (non-hydrogen) atoms. The van der Waals surface area contributed by atoms with Gasteiger partial charge in [-0.3, -0.25) is 9.59 Å². The second-order valence-corrected chi connectivity index (χ2v) is 5.63. The second-order valence-electron chi connectivity index (χ2n) is 5.63. The number of benzene rings is 2. The summed E-state index contributed by atoms with van der Waals surface area (Å²) in [5, 5.41) is 5.52. The molecule has 0 aliphatic carbocycles. The standard InChI is InChI=1S/C19H21FN2O2/c1-14(15-7-9-17(20)10-8-15)13-18(23)21-11-12-22-19(24)16-5-3-2-4-6-16/h2-10,14H,11-13H2,1H3,(H,21,23)(H,22,24). The van der Waals surface area contributed by atoms with Crippen LogP contribution in [0.15, 0.2) is 54.6 Å². The quantitative estimate of drug-likeness (QED) is 0.768. The van der Waals surface area contributed by atoms with E-state index in [9.17, 15) is 14.0 Å². The number of halogens is 1. The number of rotatable bonds is 7. The van der Waals surface area contributed by atoms with Crippen LogP contribution in [0, 0.1) is 5.82 Å². The van der Waals surface area contributed by atoms with E-state index in [1.54, 1.807) is 36.4 Å². The fourth-order valence-corrected chi connectivity index (χ4v) is 2.33. The number of carbonyl (C=O) groups is 2. The maximum absolute atomic E-state index is 12.9. The molecule has 0 aromatic heterocycles. The molecule has 0 spiro atoms. The SMILES string of the molecule is CC(CC(=O)NCCNC(=O)c1ccccc1)c1ccc(F)cc1. The average molecular weight is 328 g/mol. The molecule has 2 N–H and O–H groups in total. The van der Waals surface area contributed by atoms with E-state index in [2.05, 4.69) is 10.6 Å². The zero-order valence-electron chi connectivity index (χ0n) is 13.6. The molecule has 0 fully saturated rings. The molecule has 2 rings (SSSR count). The van der Waals surface area contributed by atoms with E-state index >= 15 is 0 Å². The highest BCUT2D eigenvalue weighted by molar-refractivity contribution is 5.94. The zero-order valence-corrected chi connectivity index (χ0v) is 13.6. The van der Waals surface area contributed by atoms with E-state index in [1.165, 1.54) is 12.1 Å². The first kappa shape index (κ1) is 17.7. The number of carbonyl (C=O) groups excluding carboxylic acids is 2. The van der Waals surface area contributed by atoms with Crippen molar-refractivity contribution in [2.24, 2.45) is 0 Å². The molecule has 0 heterocycles. The molecule has 2 aromatic rings. The van der Waals surface area contributed by atoms with Crippen LogP contribution in [-0.4, -0.2) is 24.9 Å². The van der Waals surface area contributed by atoms with E-state index in [1.807, 2.05) is 13.0 Å². The van der Waals surface area contributed by atoms with Crippen LogP contribution < -0.4 is 10.6 Å². The Morgan fingerprint density at radius 2 is 1.58 bits per heavy atom. The summed E-state index contributed by atoms with van der Waals surface area (Å²) in [5.41, 5.74) is 1.51. The lowest BCUT2D eigenvalue weighted by Crippen LogP contribution is -2.35. The Balaban J connectivity index is 1.68. The Bertz CT molecular complexity index is 672. The molecule has 126 valence electrons. The summed E-state index contributed by atoms with van der Waals surface area (Å²) in [6.45, 7) is 2.65. The summed E-state index contributed by atoms with van der Waals surface area (Å²) in [5.74, 6) is -0.542. The third-order valence-electron chi connectivity index (χ3n) is 3.70. The fourth-order valence-electron chi connectivity index (χ4n) is 2.33. The predicted octanol–water partition coefficient (Wildman–Crippen LogP) is 2.87. The number of hydrogen-bond acceptors (Lipinski definition) is 2. The molecule has 0 aliphatic heterocycles. The van der Waals surface area contributed by atoms with Crippen LogP contribution in [0.25, 0.3) is 0 Å². The first-order valence-electron chi connectivity index (χ1n) is 7.91. The smallest absolute Gasteiger partial charge is 0.251 e. The minimum atomic E-state index is -0.287. The molecule has 2 amide bonds. The van der Waals surface area contributed by atoms with Gasteiger partial charge in [0, 0.05) is 25.1 Å². The lowest BCUT2D eigenvalue weighted by atomic mass is 9.97. The highest BCUT2D eigenvalue weighted by atomic mass is 19.1. The Kier molecular flexibility index (Phi) is 6.49. The third kappa shape index (κ3) is 5.50. The van der Waals surface area contributed by atoms with Gasteiger partial charge >= 0.3 is 0 Å². The fraction of sp³-hybridized carbons (Fsp3) is 0.263. The monoisotopic (exact) mass is 328 g/mol. The lowest BCUT2D eigenvalue weighted by molar-refractivity contribution is -0.121. The van der Waals surface area contributed by atoms with E-state index < -0.39 is 0 Å². The summed E-state index contributed by atoms with van der Waals surface area (Å²) in [6.07, 6.45) is 0.318. The molecular weight excluding hydrogens is 307 g/mol. The molecule has 0 aliphatic rings. The molecule has 0 radical (unpaired) electrons. The van der Waals surface area contributed by atoms with Gasteiger partial charge in [-0.25, -0.2) is 4.39 Å². The molecule has 0 saturated carbocycles. The van der Waals surface area contributed by atoms with Crippen molar-refractivity contribution in [3.05, 3.63) is 71.5 Å². The molecule has 4 nitrogen and oxygen atoms in total. The van der Waals surface area contributed by atoms with Crippen molar-refractivity contribution in [3.63, 3.8) is 0 Å². The Morgan fingerprint density at radius 3 is 2.25 bits per heavy atom. The summed E-state index contributed by atoms with van der Waals surface area (Å²) < 4.78 is 12.9. The normalized spacial score (nSPS) is 11.6. The van der Waals surface area contributed by atoms with Crippen LogP contribution in [0.2, 0.25) is 0 Å². The first-order chi connectivity index (χ1) is 11.6. The van der Waals surface area contributed by atoms with E-state index in [0.29, 0.717) is 25.1 Å². The number of hydrogen-bond donors (Lipinski definition) is 2.